The molecule has 0 saturated carbocycles. The van der Waals surface area contributed by atoms with Crippen LogP contribution in [0.15, 0.2) is 18.2 Å². The van der Waals surface area contributed by atoms with Crippen molar-refractivity contribution in [1.82, 2.24) is 0 Å². The van der Waals surface area contributed by atoms with Crippen LogP contribution in [0.25, 0.3) is 0 Å². The van der Waals surface area contributed by atoms with Gasteiger partial charge >= 0.3 is 6.18 Å². The van der Waals surface area contributed by atoms with E-state index in [0.29, 0.717) is 6.42 Å². The van der Waals surface area contributed by atoms with Gasteiger partial charge in [0, 0.05) is 6.54 Å². The van der Waals surface area contributed by atoms with Gasteiger partial charge in [-0.05, 0) is 24.6 Å². The van der Waals surface area contributed by atoms with Crippen LogP contribution in [0.4, 0.5) is 28.9 Å². The van der Waals surface area contributed by atoms with Gasteiger partial charge in [0.15, 0.2) is 0 Å². The molecule has 0 aliphatic heterocycles. The molecule has 0 saturated heterocycles. The standard InChI is InChI=1S/C11H14F4N2/c1-2-5-17(7-11(13,14)15)10-6-8(12)3-4-9(10)16/h3-4,6H,2,5,7,16H2,1H3. The number of anilines is 2. The number of halogens is 4. The third-order valence-electron chi connectivity index (χ3n) is 2.20. The third-order valence-corrected chi connectivity index (χ3v) is 2.20. The van der Waals surface area contributed by atoms with E-state index >= 15 is 0 Å². The van der Waals surface area contributed by atoms with Crippen LogP contribution in [0, 0.1) is 5.82 Å². The highest BCUT2D eigenvalue weighted by molar-refractivity contribution is 5.67. The highest BCUT2D eigenvalue weighted by Gasteiger charge is 2.31. The Morgan fingerprint density at radius 2 is 1.94 bits per heavy atom. The summed E-state index contributed by atoms with van der Waals surface area (Å²) in [4.78, 5) is 1.04. The molecule has 1 rings (SSSR count). The zero-order valence-electron chi connectivity index (χ0n) is 9.39. The Bertz CT molecular complexity index is 376. The first-order valence-electron chi connectivity index (χ1n) is 5.20. The number of alkyl halides is 3. The predicted molar refractivity (Wildman–Crippen MR) is 59.4 cm³/mol. The Kier molecular flexibility index (Phi) is 4.20. The second-order valence-corrected chi connectivity index (χ2v) is 3.74. The van der Waals surface area contributed by atoms with Gasteiger partial charge in [-0.1, -0.05) is 6.92 Å². The van der Waals surface area contributed by atoms with Gasteiger partial charge in [-0.15, -0.1) is 0 Å². The molecule has 0 atom stereocenters. The lowest BCUT2D eigenvalue weighted by atomic mass is 10.2. The van der Waals surface area contributed by atoms with E-state index in [4.69, 9.17) is 5.73 Å². The molecule has 0 aliphatic rings. The minimum Gasteiger partial charge on any atom is -0.397 e. The van der Waals surface area contributed by atoms with Gasteiger partial charge in [0.1, 0.15) is 12.4 Å². The van der Waals surface area contributed by atoms with Gasteiger partial charge in [-0.3, -0.25) is 0 Å². The zero-order valence-corrected chi connectivity index (χ0v) is 9.39. The van der Waals surface area contributed by atoms with Crippen molar-refractivity contribution in [3.8, 4) is 0 Å². The van der Waals surface area contributed by atoms with Crippen molar-refractivity contribution in [2.75, 3.05) is 23.7 Å². The summed E-state index contributed by atoms with van der Waals surface area (Å²) in [6, 6.07) is 3.41. The molecule has 1 aromatic rings. The van der Waals surface area contributed by atoms with Crippen molar-refractivity contribution in [3.63, 3.8) is 0 Å². The highest BCUT2D eigenvalue weighted by atomic mass is 19.4. The molecule has 96 valence electrons. The van der Waals surface area contributed by atoms with E-state index in [1.807, 2.05) is 0 Å². The first kappa shape index (κ1) is 13.6. The summed E-state index contributed by atoms with van der Waals surface area (Å²) in [5.74, 6) is -0.600. The van der Waals surface area contributed by atoms with Crippen LogP contribution < -0.4 is 10.6 Å². The minimum absolute atomic E-state index is 0.0872. The summed E-state index contributed by atoms with van der Waals surface area (Å²) in [6.45, 7) is 0.792. The van der Waals surface area contributed by atoms with Crippen molar-refractivity contribution >= 4 is 11.4 Å². The molecule has 17 heavy (non-hydrogen) atoms. The Balaban J connectivity index is 3.00. The fourth-order valence-corrected chi connectivity index (χ4v) is 1.56. The number of rotatable bonds is 4. The van der Waals surface area contributed by atoms with Crippen molar-refractivity contribution in [1.29, 1.82) is 0 Å². The summed E-state index contributed by atoms with van der Waals surface area (Å²) >= 11 is 0. The van der Waals surface area contributed by atoms with Crippen LogP contribution in [0.2, 0.25) is 0 Å². The first-order valence-corrected chi connectivity index (χ1v) is 5.20. The number of hydrogen-bond donors (Lipinski definition) is 1. The second kappa shape index (κ2) is 5.25. The monoisotopic (exact) mass is 250 g/mol. The van der Waals surface area contributed by atoms with E-state index in [1.165, 1.54) is 6.07 Å². The maximum atomic E-state index is 13.0. The summed E-state index contributed by atoms with van der Waals surface area (Å²) < 4.78 is 50.1. The molecular formula is C11H14F4N2. The van der Waals surface area contributed by atoms with Crippen molar-refractivity contribution in [3.05, 3.63) is 24.0 Å². The molecule has 0 spiro atoms. The average molecular weight is 250 g/mol. The zero-order chi connectivity index (χ0) is 13.1. The third kappa shape index (κ3) is 4.13. The SMILES string of the molecule is CCCN(CC(F)(F)F)c1cc(F)ccc1N. The maximum absolute atomic E-state index is 13.0. The Morgan fingerprint density at radius 3 is 2.47 bits per heavy atom. The number of benzene rings is 1. The topological polar surface area (TPSA) is 29.3 Å². The van der Waals surface area contributed by atoms with E-state index in [0.717, 1.165) is 17.0 Å². The van der Waals surface area contributed by atoms with Gasteiger partial charge in [-0.2, -0.15) is 13.2 Å². The van der Waals surface area contributed by atoms with Gasteiger partial charge in [0.05, 0.1) is 11.4 Å². The fraction of sp³-hybridized carbons (Fsp3) is 0.455. The van der Waals surface area contributed by atoms with Gasteiger partial charge < -0.3 is 10.6 Å². The molecule has 0 unspecified atom stereocenters. The average Bonchev–Trinajstić information content (AvgIpc) is 2.19. The largest absolute Gasteiger partial charge is 0.405 e. The maximum Gasteiger partial charge on any atom is 0.405 e. The van der Waals surface area contributed by atoms with Gasteiger partial charge in [0.25, 0.3) is 0 Å². The second-order valence-electron chi connectivity index (χ2n) is 3.74. The molecule has 0 amide bonds. The van der Waals surface area contributed by atoms with E-state index < -0.39 is 18.5 Å². The van der Waals surface area contributed by atoms with Crippen LogP contribution in [-0.2, 0) is 0 Å². The van der Waals surface area contributed by atoms with Crippen LogP contribution in [-0.4, -0.2) is 19.3 Å². The van der Waals surface area contributed by atoms with Crippen molar-refractivity contribution in [2.24, 2.45) is 0 Å². The molecule has 0 aliphatic carbocycles. The molecule has 0 bridgehead atoms. The fourth-order valence-electron chi connectivity index (χ4n) is 1.56. The number of hydrogen-bond acceptors (Lipinski definition) is 2. The minimum atomic E-state index is -4.34. The molecule has 2 nitrogen and oxygen atoms in total. The molecule has 1 aromatic carbocycles. The summed E-state index contributed by atoms with van der Waals surface area (Å²) in [7, 11) is 0. The van der Waals surface area contributed by atoms with Crippen LogP contribution in [0.3, 0.4) is 0 Å². The molecule has 0 radical (unpaired) electrons. The summed E-state index contributed by atoms with van der Waals surface area (Å²) in [5, 5.41) is 0. The molecule has 0 heterocycles. The summed E-state index contributed by atoms with van der Waals surface area (Å²) in [5.41, 5.74) is 5.79. The highest BCUT2D eigenvalue weighted by Crippen LogP contribution is 2.27. The first-order chi connectivity index (χ1) is 7.83. The van der Waals surface area contributed by atoms with Crippen LogP contribution >= 0.6 is 0 Å². The molecule has 6 heteroatoms. The Morgan fingerprint density at radius 1 is 1.29 bits per heavy atom. The molecular weight excluding hydrogens is 236 g/mol. The lowest BCUT2D eigenvalue weighted by Crippen LogP contribution is -2.35. The molecule has 2 N–H and O–H groups in total. The summed E-state index contributed by atoms with van der Waals surface area (Å²) in [6.07, 6.45) is -3.82. The smallest absolute Gasteiger partial charge is 0.397 e. The number of nitrogens with two attached hydrogens (primary N) is 1. The Labute approximate surface area is 97.0 Å². The predicted octanol–water partition coefficient (Wildman–Crippen LogP) is 3.19. The molecule has 0 aromatic heterocycles. The van der Waals surface area contributed by atoms with Crippen molar-refractivity contribution < 1.29 is 17.6 Å². The van der Waals surface area contributed by atoms with E-state index in [9.17, 15) is 17.6 Å². The van der Waals surface area contributed by atoms with Crippen LogP contribution in [0.5, 0.6) is 0 Å². The van der Waals surface area contributed by atoms with Crippen molar-refractivity contribution in [2.45, 2.75) is 19.5 Å². The molecule has 0 fully saturated rings. The van der Waals surface area contributed by atoms with Crippen LogP contribution in [0.1, 0.15) is 13.3 Å². The van der Waals surface area contributed by atoms with E-state index in [2.05, 4.69) is 0 Å². The number of nitrogens with zero attached hydrogens (tertiary/aromatic N) is 1. The quantitative estimate of drug-likeness (QED) is 0.657. The lowest BCUT2D eigenvalue weighted by molar-refractivity contribution is -0.119. The van der Waals surface area contributed by atoms with E-state index in [-0.39, 0.29) is 17.9 Å². The lowest BCUT2D eigenvalue weighted by Gasteiger charge is -2.26. The van der Waals surface area contributed by atoms with Gasteiger partial charge in [-0.25, -0.2) is 4.39 Å². The Hall–Kier alpha value is -1.46. The normalized spacial score (nSPS) is 11.6. The number of nitrogen functional groups attached to an aromatic ring is 1. The van der Waals surface area contributed by atoms with E-state index in [1.54, 1.807) is 6.92 Å². The van der Waals surface area contributed by atoms with Gasteiger partial charge in [0.2, 0.25) is 0 Å².